The van der Waals surface area contributed by atoms with Crippen LogP contribution in [0, 0.1) is 0 Å². The highest BCUT2D eigenvalue weighted by Gasteiger charge is 2.50. The minimum absolute atomic E-state index is 0.226. The van der Waals surface area contributed by atoms with E-state index < -0.39 is 17.8 Å². The van der Waals surface area contributed by atoms with E-state index in [0.717, 1.165) is 31.4 Å². The summed E-state index contributed by atoms with van der Waals surface area (Å²) in [6.45, 7) is 6.93. The lowest BCUT2D eigenvalue weighted by atomic mass is 9.99. The molecule has 1 N–H and O–H groups in total. The summed E-state index contributed by atoms with van der Waals surface area (Å²) in [7, 11) is 0. The van der Waals surface area contributed by atoms with Gasteiger partial charge >= 0.3 is 5.97 Å². The van der Waals surface area contributed by atoms with Gasteiger partial charge in [0.1, 0.15) is 5.72 Å². The predicted molar refractivity (Wildman–Crippen MR) is 82.0 cm³/mol. The van der Waals surface area contributed by atoms with Gasteiger partial charge in [0, 0.05) is 6.54 Å². The molecule has 1 heterocycles. The number of aliphatic carboxylic acids is 1. The average Bonchev–Trinajstić information content (AvgIpc) is 2.72. The zero-order valence-corrected chi connectivity index (χ0v) is 13.1. The Kier molecular flexibility index (Phi) is 5.01. The maximum atomic E-state index is 11.6. The van der Waals surface area contributed by atoms with Crippen LogP contribution in [0.25, 0.3) is 0 Å². The SMILES string of the molecule is CCCCCN1[C@@H](c2ccccc2)[C@H](C(=O)O)OC1(C)C. The molecular weight excluding hydrogens is 266 g/mol. The number of rotatable bonds is 6. The summed E-state index contributed by atoms with van der Waals surface area (Å²) in [4.78, 5) is 13.8. The highest BCUT2D eigenvalue weighted by Crippen LogP contribution is 2.41. The molecule has 1 aliphatic heterocycles. The van der Waals surface area contributed by atoms with Crippen LogP contribution < -0.4 is 0 Å². The molecule has 0 saturated carbocycles. The number of hydrogen-bond acceptors (Lipinski definition) is 3. The first-order valence-corrected chi connectivity index (χ1v) is 7.69. The van der Waals surface area contributed by atoms with E-state index in [1.165, 1.54) is 0 Å². The lowest BCUT2D eigenvalue weighted by Gasteiger charge is -2.33. The number of benzene rings is 1. The molecule has 4 nitrogen and oxygen atoms in total. The largest absolute Gasteiger partial charge is 0.479 e. The Morgan fingerprint density at radius 2 is 1.95 bits per heavy atom. The monoisotopic (exact) mass is 291 g/mol. The van der Waals surface area contributed by atoms with Crippen LogP contribution in [0.4, 0.5) is 0 Å². The first-order chi connectivity index (χ1) is 9.97. The van der Waals surface area contributed by atoms with Gasteiger partial charge in [0.05, 0.1) is 6.04 Å². The van der Waals surface area contributed by atoms with E-state index in [9.17, 15) is 9.90 Å². The Hall–Kier alpha value is -1.39. The summed E-state index contributed by atoms with van der Waals surface area (Å²) in [6, 6.07) is 9.58. The van der Waals surface area contributed by atoms with Crippen molar-refractivity contribution in [1.29, 1.82) is 0 Å². The minimum atomic E-state index is -0.894. The van der Waals surface area contributed by atoms with Gasteiger partial charge in [-0.25, -0.2) is 4.79 Å². The fraction of sp³-hybridized carbons (Fsp3) is 0.588. The van der Waals surface area contributed by atoms with Crippen LogP contribution in [0.2, 0.25) is 0 Å². The molecule has 116 valence electrons. The van der Waals surface area contributed by atoms with Crippen molar-refractivity contribution < 1.29 is 14.6 Å². The van der Waals surface area contributed by atoms with E-state index in [1.54, 1.807) is 0 Å². The van der Waals surface area contributed by atoms with Crippen LogP contribution in [0.1, 0.15) is 51.6 Å². The molecule has 4 heteroatoms. The second-order valence-electron chi connectivity index (χ2n) is 6.08. The van der Waals surface area contributed by atoms with Gasteiger partial charge in [-0.3, -0.25) is 4.90 Å². The van der Waals surface area contributed by atoms with Crippen molar-refractivity contribution >= 4 is 5.97 Å². The summed E-state index contributed by atoms with van der Waals surface area (Å²) in [6.07, 6.45) is 2.53. The van der Waals surface area contributed by atoms with Crippen molar-refractivity contribution in [3.8, 4) is 0 Å². The second kappa shape index (κ2) is 6.58. The first kappa shape index (κ1) is 16.0. The summed E-state index contributed by atoms with van der Waals surface area (Å²) < 4.78 is 5.85. The molecule has 1 aromatic carbocycles. The summed E-state index contributed by atoms with van der Waals surface area (Å²) >= 11 is 0. The third kappa shape index (κ3) is 3.44. The van der Waals surface area contributed by atoms with E-state index in [4.69, 9.17) is 4.74 Å². The number of carboxylic acid groups (broad SMARTS) is 1. The molecule has 0 spiro atoms. The topological polar surface area (TPSA) is 49.8 Å². The van der Waals surface area contributed by atoms with E-state index in [-0.39, 0.29) is 6.04 Å². The number of hydrogen-bond donors (Lipinski definition) is 1. The Labute approximate surface area is 126 Å². The normalized spacial score (nSPS) is 25.1. The van der Waals surface area contributed by atoms with E-state index in [0.29, 0.717) is 0 Å². The molecule has 0 unspecified atom stereocenters. The second-order valence-corrected chi connectivity index (χ2v) is 6.08. The fourth-order valence-electron chi connectivity index (χ4n) is 3.07. The summed E-state index contributed by atoms with van der Waals surface area (Å²) in [5.41, 5.74) is 0.448. The number of unbranched alkanes of at least 4 members (excludes halogenated alkanes) is 2. The number of ether oxygens (including phenoxy) is 1. The lowest BCUT2D eigenvalue weighted by Crippen LogP contribution is -2.41. The van der Waals surface area contributed by atoms with Gasteiger partial charge < -0.3 is 9.84 Å². The Balaban J connectivity index is 2.30. The Bertz CT molecular complexity index is 472. The first-order valence-electron chi connectivity index (χ1n) is 7.69. The van der Waals surface area contributed by atoms with Crippen LogP contribution in [-0.2, 0) is 9.53 Å². The predicted octanol–water partition coefficient (Wildman–Crippen LogP) is 3.44. The molecule has 0 radical (unpaired) electrons. The maximum absolute atomic E-state index is 11.6. The molecule has 0 bridgehead atoms. The fourth-order valence-corrected chi connectivity index (χ4v) is 3.07. The number of carbonyl (C=O) groups is 1. The maximum Gasteiger partial charge on any atom is 0.334 e. The van der Waals surface area contributed by atoms with Gasteiger partial charge in [-0.1, -0.05) is 50.1 Å². The standard InChI is InChI=1S/C17H25NO3/c1-4-5-9-12-18-14(13-10-7-6-8-11-13)15(16(19)20)21-17(18,2)3/h6-8,10-11,14-15H,4-5,9,12H2,1-3H3,(H,19,20)/t14-,15+/m0/s1. The van der Waals surface area contributed by atoms with Crippen molar-refractivity contribution in [2.45, 2.75) is 57.9 Å². The number of carboxylic acids is 1. The molecule has 1 saturated heterocycles. The molecule has 0 aromatic heterocycles. The van der Waals surface area contributed by atoms with Crippen molar-refractivity contribution in [3.63, 3.8) is 0 Å². The van der Waals surface area contributed by atoms with Crippen molar-refractivity contribution in [3.05, 3.63) is 35.9 Å². The smallest absolute Gasteiger partial charge is 0.334 e. The van der Waals surface area contributed by atoms with Crippen molar-refractivity contribution in [2.24, 2.45) is 0 Å². The van der Waals surface area contributed by atoms with Crippen LogP contribution >= 0.6 is 0 Å². The van der Waals surface area contributed by atoms with Gasteiger partial charge in [0.15, 0.2) is 6.10 Å². The van der Waals surface area contributed by atoms with Gasteiger partial charge in [0.2, 0.25) is 0 Å². The van der Waals surface area contributed by atoms with Crippen LogP contribution in [0.3, 0.4) is 0 Å². The minimum Gasteiger partial charge on any atom is -0.479 e. The molecular formula is C17H25NO3. The Morgan fingerprint density at radius 1 is 1.29 bits per heavy atom. The highest BCUT2D eigenvalue weighted by atomic mass is 16.6. The van der Waals surface area contributed by atoms with Gasteiger partial charge in [-0.2, -0.15) is 0 Å². The molecule has 1 aliphatic rings. The van der Waals surface area contributed by atoms with Crippen LogP contribution in [-0.4, -0.2) is 34.3 Å². The molecule has 0 aliphatic carbocycles. The number of nitrogens with zero attached hydrogens (tertiary/aromatic N) is 1. The van der Waals surface area contributed by atoms with Crippen LogP contribution in [0.5, 0.6) is 0 Å². The quantitative estimate of drug-likeness (QED) is 0.816. The van der Waals surface area contributed by atoms with E-state index in [1.807, 2.05) is 44.2 Å². The average molecular weight is 291 g/mol. The highest BCUT2D eigenvalue weighted by molar-refractivity contribution is 5.74. The van der Waals surface area contributed by atoms with Gasteiger partial charge in [0.25, 0.3) is 0 Å². The molecule has 21 heavy (non-hydrogen) atoms. The summed E-state index contributed by atoms with van der Waals surface area (Å²) in [5.74, 6) is -0.894. The molecule has 0 amide bonds. The molecule has 2 rings (SSSR count). The van der Waals surface area contributed by atoms with E-state index in [2.05, 4.69) is 11.8 Å². The molecule has 2 atom stereocenters. The summed E-state index contributed by atoms with van der Waals surface area (Å²) in [5, 5.41) is 9.51. The molecule has 1 fully saturated rings. The van der Waals surface area contributed by atoms with Crippen molar-refractivity contribution in [1.82, 2.24) is 4.90 Å². The third-order valence-electron chi connectivity index (χ3n) is 4.12. The van der Waals surface area contributed by atoms with Gasteiger partial charge in [-0.15, -0.1) is 0 Å². The van der Waals surface area contributed by atoms with Gasteiger partial charge in [-0.05, 0) is 25.8 Å². The van der Waals surface area contributed by atoms with Crippen molar-refractivity contribution in [2.75, 3.05) is 6.54 Å². The van der Waals surface area contributed by atoms with E-state index >= 15 is 0 Å². The zero-order valence-electron chi connectivity index (χ0n) is 13.1. The lowest BCUT2D eigenvalue weighted by molar-refractivity contribution is -0.155. The third-order valence-corrected chi connectivity index (χ3v) is 4.12. The Morgan fingerprint density at radius 3 is 2.52 bits per heavy atom. The zero-order chi connectivity index (χ0) is 15.5. The molecule has 1 aromatic rings. The van der Waals surface area contributed by atoms with Crippen LogP contribution in [0.15, 0.2) is 30.3 Å².